The number of nitro benzene ring substituents is 1. The van der Waals surface area contributed by atoms with Crippen LogP contribution in [-0.2, 0) is 13.1 Å². The van der Waals surface area contributed by atoms with Crippen LogP contribution in [0.5, 0.6) is 5.75 Å². The Balaban J connectivity index is 0.000000149. The molecule has 9 heteroatoms. The lowest BCUT2D eigenvalue weighted by Gasteiger charge is -2.12. The van der Waals surface area contributed by atoms with Crippen molar-refractivity contribution in [3.8, 4) is 28.5 Å². The third-order valence-electron chi connectivity index (χ3n) is 6.99. The van der Waals surface area contributed by atoms with Gasteiger partial charge in [-0.3, -0.25) is 10.1 Å². The number of para-hydroxylation sites is 6. The highest BCUT2D eigenvalue weighted by atomic mass is 16.6. The summed E-state index contributed by atoms with van der Waals surface area (Å²) < 4.78 is 10.1. The van der Waals surface area contributed by atoms with Gasteiger partial charge in [0.15, 0.2) is 0 Å². The van der Waals surface area contributed by atoms with Gasteiger partial charge in [-0.1, -0.05) is 48.5 Å². The van der Waals surface area contributed by atoms with E-state index in [0.29, 0.717) is 17.9 Å². The Kier molecular flexibility index (Phi) is 6.94. The first-order valence-electron chi connectivity index (χ1n) is 13.5. The molecule has 2 unspecified atom stereocenters. The fourth-order valence-electron chi connectivity index (χ4n) is 5.28. The van der Waals surface area contributed by atoms with Crippen molar-refractivity contribution in [3.63, 3.8) is 0 Å². The van der Waals surface area contributed by atoms with Crippen LogP contribution >= 0.6 is 0 Å². The van der Waals surface area contributed by atoms with Crippen molar-refractivity contribution in [1.82, 2.24) is 19.1 Å². The van der Waals surface area contributed by atoms with Crippen LogP contribution in [0.4, 0.5) is 5.69 Å². The molecular weight excluding hydrogens is 518 g/mol. The highest BCUT2D eigenvalue weighted by Crippen LogP contribution is 2.35. The molecular formula is C32H29N5O4. The molecule has 4 aromatic carbocycles. The van der Waals surface area contributed by atoms with Crippen molar-refractivity contribution < 1.29 is 14.8 Å². The number of hydrogen-bond donors (Lipinski definition) is 1. The van der Waals surface area contributed by atoms with Crippen molar-refractivity contribution in [2.45, 2.75) is 39.1 Å². The molecule has 41 heavy (non-hydrogen) atoms. The number of fused-ring (bicyclic) bond motifs is 6. The van der Waals surface area contributed by atoms with Gasteiger partial charge in [0.25, 0.3) is 5.69 Å². The molecule has 0 radical (unpaired) electrons. The maximum Gasteiger partial charge on any atom is 0.280 e. The number of imidazole rings is 2. The Bertz CT molecular complexity index is 1870. The number of rotatable bonds is 4. The van der Waals surface area contributed by atoms with E-state index in [9.17, 15) is 15.2 Å². The summed E-state index contributed by atoms with van der Waals surface area (Å²) in [6.45, 7) is 4.92. The average Bonchev–Trinajstić information content (AvgIpc) is 3.47. The first kappa shape index (κ1) is 26.2. The monoisotopic (exact) mass is 547 g/mol. The summed E-state index contributed by atoms with van der Waals surface area (Å²) in [5.74, 6) is 2.42. The summed E-state index contributed by atoms with van der Waals surface area (Å²) in [4.78, 5) is 20.1. The zero-order valence-electron chi connectivity index (χ0n) is 22.7. The van der Waals surface area contributed by atoms with Crippen LogP contribution in [0, 0.1) is 10.1 Å². The lowest BCUT2D eigenvalue weighted by atomic mass is 10.1. The van der Waals surface area contributed by atoms with Crippen LogP contribution in [0.2, 0.25) is 0 Å². The Labute approximate surface area is 236 Å². The summed E-state index contributed by atoms with van der Waals surface area (Å²) in [6.07, 6.45) is -0.445. The molecule has 3 heterocycles. The van der Waals surface area contributed by atoms with Crippen molar-refractivity contribution in [1.29, 1.82) is 0 Å². The lowest BCUT2D eigenvalue weighted by Crippen LogP contribution is -2.17. The number of aliphatic hydroxyl groups is 1. The quantitative estimate of drug-likeness (QED) is 0.200. The van der Waals surface area contributed by atoms with E-state index in [-0.39, 0.29) is 11.8 Å². The van der Waals surface area contributed by atoms with Gasteiger partial charge in [0, 0.05) is 6.07 Å². The second-order valence-corrected chi connectivity index (χ2v) is 10.1. The molecule has 1 aliphatic heterocycles. The Hall–Kier alpha value is -5.02. The fraction of sp³-hybridized carbons (Fsp3) is 0.188. The number of nitro groups is 1. The third kappa shape index (κ3) is 5.03. The minimum absolute atomic E-state index is 0.00430. The minimum atomic E-state index is -0.584. The van der Waals surface area contributed by atoms with Crippen molar-refractivity contribution in [2.75, 3.05) is 0 Å². The van der Waals surface area contributed by atoms with E-state index >= 15 is 0 Å². The van der Waals surface area contributed by atoms with E-state index < -0.39 is 11.0 Å². The molecule has 206 valence electrons. The molecule has 9 nitrogen and oxygen atoms in total. The Morgan fingerprint density at radius 1 is 0.878 bits per heavy atom. The molecule has 0 amide bonds. The smallest absolute Gasteiger partial charge is 0.280 e. The number of aliphatic hydroxyl groups excluding tert-OH is 1. The van der Waals surface area contributed by atoms with E-state index in [1.54, 1.807) is 25.1 Å². The Morgan fingerprint density at radius 3 is 2.20 bits per heavy atom. The van der Waals surface area contributed by atoms with E-state index in [1.165, 1.54) is 11.6 Å². The fourth-order valence-corrected chi connectivity index (χ4v) is 5.28. The van der Waals surface area contributed by atoms with Crippen molar-refractivity contribution in [3.05, 3.63) is 107 Å². The summed E-state index contributed by atoms with van der Waals surface area (Å²) in [7, 11) is 0. The van der Waals surface area contributed by atoms with E-state index in [2.05, 4.69) is 40.7 Å². The number of benzene rings is 4. The summed E-state index contributed by atoms with van der Waals surface area (Å²) in [5, 5.41) is 21.0. The van der Waals surface area contributed by atoms with Gasteiger partial charge in [0.1, 0.15) is 23.5 Å². The number of ether oxygens (including phenoxy) is 1. The standard InChI is InChI=1S/C16H15N3O3.C16H14N2O/c1-11(20)10-18-15-9-5-3-7-13(15)17-16(18)12-6-2-4-8-14(12)19(21)22;1-11-10-18-14-8-4-3-7-13(14)17-16(18)12-6-2-5-9-15(12)19-11/h2-9,11,20H,10H2,1H3;2-9,11H,10H2,1H3. The SMILES string of the molecule is CC(O)Cn1c(-c2ccccc2[N+](=O)[O-])nc2ccccc21.CC1Cn2c(nc3ccccc32)-c2ccccc2O1. The molecule has 0 fully saturated rings. The number of nitrogens with zero attached hydrogens (tertiary/aromatic N) is 5. The van der Waals surface area contributed by atoms with Gasteiger partial charge in [0.2, 0.25) is 0 Å². The van der Waals surface area contributed by atoms with Gasteiger partial charge in [-0.2, -0.15) is 0 Å². The number of hydrogen-bond acceptors (Lipinski definition) is 6. The molecule has 6 aromatic rings. The van der Waals surface area contributed by atoms with Crippen LogP contribution in [0.1, 0.15) is 13.8 Å². The molecule has 1 aliphatic rings. The summed E-state index contributed by atoms with van der Waals surface area (Å²) in [5.41, 5.74) is 5.33. The lowest BCUT2D eigenvalue weighted by molar-refractivity contribution is -0.384. The highest BCUT2D eigenvalue weighted by molar-refractivity contribution is 5.83. The van der Waals surface area contributed by atoms with Gasteiger partial charge in [0.05, 0.1) is 57.3 Å². The molecule has 2 aromatic heterocycles. The highest BCUT2D eigenvalue weighted by Gasteiger charge is 2.23. The maximum absolute atomic E-state index is 11.3. The third-order valence-corrected chi connectivity index (χ3v) is 6.99. The van der Waals surface area contributed by atoms with Gasteiger partial charge in [-0.15, -0.1) is 0 Å². The van der Waals surface area contributed by atoms with Gasteiger partial charge < -0.3 is 19.0 Å². The molecule has 1 N–H and O–H groups in total. The summed E-state index contributed by atoms with van der Waals surface area (Å²) >= 11 is 0. The van der Waals surface area contributed by atoms with Crippen LogP contribution in [0.3, 0.4) is 0 Å². The van der Waals surface area contributed by atoms with Crippen LogP contribution in [0.15, 0.2) is 97.1 Å². The predicted molar refractivity (Wildman–Crippen MR) is 159 cm³/mol. The predicted octanol–water partition coefficient (Wildman–Crippen LogP) is 6.48. The topological polar surface area (TPSA) is 108 Å². The molecule has 2 atom stereocenters. The molecule has 0 bridgehead atoms. The molecule has 0 spiro atoms. The van der Waals surface area contributed by atoms with Gasteiger partial charge >= 0.3 is 0 Å². The molecule has 0 saturated carbocycles. The minimum Gasteiger partial charge on any atom is -0.488 e. The first-order valence-corrected chi connectivity index (χ1v) is 13.5. The van der Waals surface area contributed by atoms with Crippen molar-refractivity contribution >= 4 is 27.8 Å². The largest absolute Gasteiger partial charge is 0.488 e. The van der Waals surface area contributed by atoms with Gasteiger partial charge in [-0.25, -0.2) is 9.97 Å². The molecule has 0 aliphatic carbocycles. The zero-order chi connectivity index (χ0) is 28.5. The Morgan fingerprint density at radius 2 is 1.46 bits per heavy atom. The normalized spacial score (nSPS) is 14.8. The molecule has 0 saturated heterocycles. The maximum atomic E-state index is 11.3. The van der Waals surface area contributed by atoms with E-state index in [1.807, 2.05) is 53.1 Å². The van der Waals surface area contributed by atoms with Crippen molar-refractivity contribution in [2.24, 2.45) is 0 Å². The summed E-state index contributed by atoms with van der Waals surface area (Å²) in [6, 6.07) is 30.4. The van der Waals surface area contributed by atoms with Crippen LogP contribution in [0.25, 0.3) is 44.8 Å². The van der Waals surface area contributed by atoms with Crippen LogP contribution in [-0.4, -0.2) is 41.3 Å². The van der Waals surface area contributed by atoms with Gasteiger partial charge in [-0.05, 0) is 56.3 Å². The van der Waals surface area contributed by atoms with Crippen LogP contribution < -0.4 is 4.74 Å². The zero-order valence-corrected chi connectivity index (χ0v) is 22.7. The number of aromatic nitrogens is 4. The second-order valence-electron chi connectivity index (χ2n) is 10.1. The van der Waals surface area contributed by atoms with E-state index in [0.717, 1.165) is 40.2 Å². The first-order chi connectivity index (χ1) is 19.9. The van der Waals surface area contributed by atoms with E-state index in [4.69, 9.17) is 9.72 Å². The average molecular weight is 548 g/mol. The second kappa shape index (κ2) is 10.9. The molecule has 7 rings (SSSR count).